The van der Waals surface area contributed by atoms with Crippen LogP contribution in [0.4, 0.5) is 0 Å². The average molecular weight is 244 g/mol. The Bertz CT molecular complexity index is 541. The van der Waals surface area contributed by atoms with Crippen LogP contribution >= 0.6 is 0 Å². The van der Waals surface area contributed by atoms with Crippen molar-refractivity contribution < 1.29 is 9.47 Å². The van der Waals surface area contributed by atoms with Crippen LogP contribution in [-0.4, -0.2) is 19.2 Å². The lowest BCUT2D eigenvalue weighted by Gasteiger charge is -2.10. The highest BCUT2D eigenvalue weighted by Crippen LogP contribution is 2.32. The number of nitrogens with two attached hydrogens (primary N) is 1. The average Bonchev–Trinajstić information content (AvgIpc) is 2.46. The predicted molar refractivity (Wildman–Crippen MR) is 70.7 cm³/mol. The minimum Gasteiger partial charge on any atom is -0.493 e. The zero-order chi connectivity index (χ0) is 13.0. The van der Waals surface area contributed by atoms with Crippen molar-refractivity contribution in [2.24, 2.45) is 5.73 Å². The van der Waals surface area contributed by atoms with E-state index in [1.807, 2.05) is 24.3 Å². The first-order valence-electron chi connectivity index (χ1n) is 5.65. The van der Waals surface area contributed by atoms with Gasteiger partial charge in [0.25, 0.3) is 0 Å². The Morgan fingerprint density at radius 2 is 1.78 bits per heavy atom. The summed E-state index contributed by atoms with van der Waals surface area (Å²) in [6.45, 7) is 0.480. The lowest BCUT2D eigenvalue weighted by molar-refractivity contribution is 0.355. The van der Waals surface area contributed by atoms with E-state index in [1.165, 1.54) is 0 Å². The van der Waals surface area contributed by atoms with Gasteiger partial charge in [-0.25, -0.2) is 0 Å². The van der Waals surface area contributed by atoms with Gasteiger partial charge in [0, 0.05) is 24.5 Å². The van der Waals surface area contributed by atoms with Crippen LogP contribution in [0.5, 0.6) is 11.5 Å². The molecule has 1 heterocycles. The van der Waals surface area contributed by atoms with Crippen LogP contribution in [0.15, 0.2) is 36.7 Å². The molecule has 0 saturated carbocycles. The zero-order valence-corrected chi connectivity index (χ0v) is 10.5. The quantitative estimate of drug-likeness (QED) is 0.896. The summed E-state index contributed by atoms with van der Waals surface area (Å²) < 4.78 is 10.5. The van der Waals surface area contributed by atoms with Gasteiger partial charge in [-0.05, 0) is 29.3 Å². The number of ether oxygens (including phenoxy) is 2. The van der Waals surface area contributed by atoms with E-state index in [-0.39, 0.29) is 0 Å². The molecule has 0 aliphatic rings. The lowest BCUT2D eigenvalue weighted by atomic mass is 10.1. The molecule has 0 spiro atoms. The summed E-state index contributed by atoms with van der Waals surface area (Å²) in [6, 6.07) is 7.80. The van der Waals surface area contributed by atoms with Crippen LogP contribution in [0.1, 0.15) is 5.56 Å². The van der Waals surface area contributed by atoms with E-state index in [1.54, 1.807) is 26.6 Å². The first kappa shape index (κ1) is 12.4. The minimum atomic E-state index is 0.480. The van der Waals surface area contributed by atoms with Gasteiger partial charge in [0.15, 0.2) is 11.5 Å². The zero-order valence-electron chi connectivity index (χ0n) is 10.5. The van der Waals surface area contributed by atoms with E-state index in [4.69, 9.17) is 15.2 Å². The van der Waals surface area contributed by atoms with Gasteiger partial charge in [-0.2, -0.15) is 0 Å². The number of benzene rings is 1. The molecule has 0 bridgehead atoms. The van der Waals surface area contributed by atoms with Crippen molar-refractivity contribution in [3.8, 4) is 22.6 Å². The van der Waals surface area contributed by atoms with Gasteiger partial charge in [0.1, 0.15) is 0 Å². The van der Waals surface area contributed by atoms with E-state index >= 15 is 0 Å². The SMILES string of the molecule is COc1ccc(-c2cncc(CN)c2)cc1OC. The molecule has 1 aromatic heterocycles. The van der Waals surface area contributed by atoms with Crippen molar-refractivity contribution >= 4 is 0 Å². The molecule has 4 nitrogen and oxygen atoms in total. The van der Waals surface area contributed by atoms with Crippen molar-refractivity contribution in [1.82, 2.24) is 4.98 Å². The number of methoxy groups -OCH3 is 2. The Morgan fingerprint density at radius 3 is 2.44 bits per heavy atom. The smallest absolute Gasteiger partial charge is 0.161 e. The molecule has 0 fully saturated rings. The Hall–Kier alpha value is -2.07. The molecule has 0 saturated heterocycles. The molecule has 0 unspecified atom stereocenters. The van der Waals surface area contributed by atoms with Crippen LogP contribution in [0.2, 0.25) is 0 Å². The summed E-state index contributed by atoms with van der Waals surface area (Å²) in [5.74, 6) is 1.41. The molecule has 4 heteroatoms. The number of aromatic nitrogens is 1. The Balaban J connectivity index is 2.43. The third kappa shape index (κ3) is 2.43. The topological polar surface area (TPSA) is 57.4 Å². The maximum Gasteiger partial charge on any atom is 0.161 e. The van der Waals surface area contributed by atoms with E-state index in [0.29, 0.717) is 18.0 Å². The summed E-state index contributed by atoms with van der Waals surface area (Å²) in [6.07, 6.45) is 3.57. The third-order valence-corrected chi connectivity index (χ3v) is 2.75. The third-order valence-electron chi connectivity index (χ3n) is 2.75. The van der Waals surface area contributed by atoms with Crippen LogP contribution in [-0.2, 0) is 6.54 Å². The van der Waals surface area contributed by atoms with Gasteiger partial charge in [-0.1, -0.05) is 6.07 Å². The van der Waals surface area contributed by atoms with Crippen LogP contribution in [0.25, 0.3) is 11.1 Å². The first-order chi connectivity index (χ1) is 8.78. The molecule has 2 N–H and O–H groups in total. The predicted octanol–water partition coefficient (Wildman–Crippen LogP) is 2.22. The summed E-state index contributed by atoms with van der Waals surface area (Å²) >= 11 is 0. The standard InChI is InChI=1S/C14H16N2O2/c1-17-13-4-3-11(6-14(13)18-2)12-5-10(7-15)8-16-9-12/h3-6,8-9H,7,15H2,1-2H3. The number of nitrogens with zero attached hydrogens (tertiary/aromatic N) is 1. The Labute approximate surface area is 106 Å². The molecule has 1 aromatic carbocycles. The molecular formula is C14H16N2O2. The molecule has 18 heavy (non-hydrogen) atoms. The van der Waals surface area contributed by atoms with Crippen molar-refractivity contribution in [2.75, 3.05) is 14.2 Å². The molecule has 0 amide bonds. The highest BCUT2D eigenvalue weighted by molar-refractivity contribution is 5.67. The Morgan fingerprint density at radius 1 is 1.00 bits per heavy atom. The molecule has 94 valence electrons. The molecule has 0 aliphatic carbocycles. The van der Waals surface area contributed by atoms with Gasteiger partial charge >= 0.3 is 0 Å². The summed E-state index contributed by atoms with van der Waals surface area (Å²) in [4.78, 5) is 4.18. The fraction of sp³-hybridized carbons (Fsp3) is 0.214. The molecule has 0 atom stereocenters. The number of rotatable bonds is 4. The van der Waals surface area contributed by atoms with Gasteiger partial charge < -0.3 is 15.2 Å². The fourth-order valence-corrected chi connectivity index (χ4v) is 1.77. The minimum absolute atomic E-state index is 0.480. The Kier molecular flexibility index (Phi) is 3.79. The fourth-order valence-electron chi connectivity index (χ4n) is 1.77. The van der Waals surface area contributed by atoms with Gasteiger partial charge in [-0.15, -0.1) is 0 Å². The normalized spacial score (nSPS) is 10.2. The van der Waals surface area contributed by atoms with Crippen molar-refractivity contribution in [3.05, 3.63) is 42.2 Å². The van der Waals surface area contributed by atoms with E-state index < -0.39 is 0 Å². The largest absolute Gasteiger partial charge is 0.493 e. The molecule has 0 aliphatic heterocycles. The van der Waals surface area contributed by atoms with Gasteiger partial charge in [0.2, 0.25) is 0 Å². The second-order valence-corrected chi connectivity index (χ2v) is 3.86. The first-order valence-corrected chi connectivity index (χ1v) is 5.65. The van der Waals surface area contributed by atoms with Crippen LogP contribution in [0, 0.1) is 0 Å². The monoisotopic (exact) mass is 244 g/mol. The second-order valence-electron chi connectivity index (χ2n) is 3.86. The van der Waals surface area contributed by atoms with Crippen LogP contribution < -0.4 is 15.2 Å². The van der Waals surface area contributed by atoms with Crippen molar-refractivity contribution in [1.29, 1.82) is 0 Å². The molecule has 2 rings (SSSR count). The maximum atomic E-state index is 5.61. The van der Waals surface area contributed by atoms with Gasteiger partial charge in [0.05, 0.1) is 14.2 Å². The highest BCUT2D eigenvalue weighted by Gasteiger charge is 2.06. The highest BCUT2D eigenvalue weighted by atomic mass is 16.5. The van der Waals surface area contributed by atoms with Crippen molar-refractivity contribution in [2.45, 2.75) is 6.54 Å². The van der Waals surface area contributed by atoms with E-state index in [0.717, 1.165) is 16.7 Å². The van der Waals surface area contributed by atoms with E-state index in [9.17, 15) is 0 Å². The number of hydrogen-bond donors (Lipinski definition) is 1. The molecule has 0 radical (unpaired) electrons. The number of hydrogen-bond acceptors (Lipinski definition) is 4. The molecular weight excluding hydrogens is 228 g/mol. The number of pyridine rings is 1. The lowest BCUT2D eigenvalue weighted by Crippen LogP contribution is -1.97. The summed E-state index contributed by atoms with van der Waals surface area (Å²) in [7, 11) is 3.24. The van der Waals surface area contributed by atoms with E-state index in [2.05, 4.69) is 4.98 Å². The summed E-state index contributed by atoms with van der Waals surface area (Å²) in [5.41, 5.74) is 8.65. The summed E-state index contributed by atoms with van der Waals surface area (Å²) in [5, 5.41) is 0. The van der Waals surface area contributed by atoms with Crippen molar-refractivity contribution in [3.63, 3.8) is 0 Å². The van der Waals surface area contributed by atoms with Gasteiger partial charge in [-0.3, -0.25) is 4.98 Å². The van der Waals surface area contributed by atoms with Crippen LogP contribution in [0.3, 0.4) is 0 Å². The second kappa shape index (κ2) is 5.51. The maximum absolute atomic E-state index is 5.61. The molecule has 2 aromatic rings.